The van der Waals surface area contributed by atoms with Crippen LogP contribution in [0.3, 0.4) is 0 Å². The smallest absolute Gasteiger partial charge is 0.121 e. The van der Waals surface area contributed by atoms with Gasteiger partial charge in [-0.05, 0) is 37.0 Å². The predicted molar refractivity (Wildman–Crippen MR) is 77.2 cm³/mol. The standard InChI is InChI=1S/C16H22N2O/c1-4-12-8-7-9-13(10-12)16(19)15-11-14(5-2)17-18(15)6-3/h7-11,16,19H,4-6H2,1-3H3. The van der Waals surface area contributed by atoms with Crippen molar-refractivity contribution in [3.63, 3.8) is 0 Å². The Hall–Kier alpha value is -1.61. The van der Waals surface area contributed by atoms with Gasteiger partial charge < -0.3 is 5.11 Å². The van der Waals surface area contributed by atoms with Crippen molar-refractivity contribution in [1.82, 2.24) is 9.78 Å². The molecule has 0 spiro atoms. The van der Waals surface area contributed by atoms with Crippen LogP contribution in [0, 0.1) is 0 Å². The third-order valence-electron chi connectivity index (χ3n) is 3.48. The summed E-state index contributed by atoms with van der Waals surface area (Å²) in [5.41, 5.74) is 4.10. The van der Waals surface area contributed by atoms with Crippen molar-refractivity contribution in [2.24, 2.45) is 0 Å². The molecule has 1 aromatic heterocycles. The predicted octanol–water partition coefficient (Wildman–Crippen LogP) is 3.11. The number of rotatable bonds is 5. The van der Waals surface area contributed by atoms with Crippen LogP contribution in [-0.4, -0.2) is 14.9 Å². The van der Waals surface area contributed by atoms with Gasteiger partial charge in [0, 0.05) is 6.54 Å². The van der Waals surface area contributed by atoms with Gasteiger partial charge in [0.1, 0.15) is 6.10 Å². The topological polar surface area (TPSA) is 38.1 Å². The highest BCUT2D eigenvalue weighted by Gasteiger charge is 2.16. The molecule has 2 rings (SSSR count). The summed E-state index contributed by atoms with van der Waals surface area (Å²) in [6.07, 6.45) is 1.27. The van der Waals surface area contributed by atoms with Crippen molar-refractivity contribution in [3.8, 4) is 0 Å². The van der Waals surface area contributed by atoms with E-state index >= 15 is 0 Å². The maximum absolute atomic E-state index is 10.6. The summed E-state index contributed by atoms with van der Waals surface area (Å²) < 4.78 is 1.89. The van der Waals surface area contributed by atoms with Crippen LogP contribution in [0.1, 0.15) is 49.4 Å². The van der Waals surface area contributed by atoms with Crippen molar-refractivity contribution in [2.45, 2.75) is 46.3 Å². The van der Waals surface area contributed by atoms with Gasteiger partial charge in [-0.3, -0.25) is 4.68 Å². The van der Waals surface area contributed by atoms with Crippen molar-refractivity contribution >= 4 is 0 Å². The summed E-state index contributed by atoms with van der Waals surface area (Å²) in [5.74, 6) is 0. The summed E-state index contributed by atoms with van der Waals surface area (Å²) >= 11 is 0. The van der Waals surface area contributed by atoms with Crippen LogP contribution < -0.4 is 0 Å². The monoisotopic (exact) mass is 258 g/mol. The number of aliphatic hydroxyl groups excluding tert-OH is 1. The largest absolute Gasteiger partial charge is 0.382 e. The zero-order valence-corrected chi connectivity index (χ0v) is 11.9. The molecule has 0 saturated carbocycles. The lowest BCUT2D eigenvalue weighted by Gasteiger charge is -2.13. The van der Waals surface area contributed by atoms with Crippen molar-refractivity contribution in [2.75, 3.05) is 0 Å². The van der Waals surface area contributed by atoms with E-state index in [1.807, 2.05) is 29.8 Å². The molecule has 0 amide bonds. The molecular weight excluding hydrogens is 236 g/mol. The van der Waals surface area contributed by atoms with Gasteiger partial charge in [-0.25, -0.2) is 0 Å². The molecule has 0 aliphatic heterocycles. The van der Waals surface area contributed by atoms with Gasteiger partial charge >= 0.3 is 0 Å². The first-order chi connectivity index (χ1) is 9.19. The van der Waals surface area contributed by atoms with Gasteiger partial charge in [0.2, 0.25) is 0 Å². The van der Waals surface area contributed by atoms with E-state index in [0.717, 1.165) is 36.3 Å². The Morgan fingerprint density at radius 2 is 1.95 bits per heavy atom. The van der Waals surface area contributed by atoms with Crippen LogP contribution in [0.4, 0.5) is 0 Å². The minimum atomic E-state index is -0.598. The maximum atomic E-state index is 10.6. The van der Waals surface area contributed by atoms with Gasteiger partial charge in [0.05, 0.1) is 11.4 Å². The molecule has 3 nitrogen and oxygen atoms in total. The van der Waals surface area contributed by atoms with Gasteiger partial charge in [0.15, 0.2) is 0 Å². The second-order valence-electron chi connectivity index (χ2n) is 4.73. The lowest BCUT2D eigenvalue weighted by atomic mass is 10.0. The summed E-state index contributed by atoms with van der Waals surface area (Å²) in [4.78, 5) is 0. The molecule has 3 heteroatoms. The Kier molecular flexibility index (Phi) is 4.38. The molecule has 0 bridgehead atoms. The zero-order chi connectivity index (χ0) is 13.8. The Bertz CT molecular complexity index is 545. The van der Waals surface area contributed by atoms with E-state index in [1.165, 1.54) is 5.56 Å². The molecule has 2 aromatic rings. The molecule has 0 aliphatic carbocycles. The minimum absolute atomic E-state index is 0.598. The van der Waals surface area contributed by atoms with E-state index in [1.54, 1.807) is 0 Å². The van der Waals surface area contributed by atoms with Gasteiger partial charge in [0.25, 0.3) is 0 Å². The fourth-order valence-corrected chi connectivity index (χ4v) is 2.29. The van der Waals surface area contributed by atoms with Crippen LogP contribution >= 0.6 is 0 Å². The van der Waals surface area contributed by atoms with E-state index in [9.17, 15) is 5.11 Å². The molecule has 0 aliphatic rings. The first-order valence-corrected chi connectivity index (χ1v) is 7.03. The average molecular weight is 258 g/mol. The summed E-state index contributed by atoms with van der Waals surface area (Å²) in [5, 5.41) is 15.1. The zero-order valence-electron chi connectivity index (χ0n) is 11.9. The Morgan fingerprint density at radius 1 is 1.16 bits per heavy atom. The van der Waals surface area contributed by atoms with Crippen molar-refractivity contribution in [1.29, 1.82) is 0 Å². The number of hydrogen-bond acceptors (Lipinski definition) is 2. The summed E-state index contributed by atoms with van der Waals surface area (Å²) in [6.45, 7) is 7.03. The number of aryl methyl sites for hydroxylation is 3. The van der Waals surface area contributed by atoms with E-state index in [-0.39, 0.29) is 0 Å². The first-order valence-electron chi connectivity index (χ1n) is 7.03. The molecule has 1 N–H and O–H groups in total. The van der Waals surface area contributed by atoms with Crippen molar-refractivity contribution in [3.05, 3.63) is 52.8 Å². The quantitative estimate of drug-likeness (QED) is 0.895. The van der Waals surface area contributed by atoms with Gasteiger partial charge in [-0.1, -0.05) is 38.1 Å². The van der Waals surface area contributed by atoms with Gasteiger partial charge in [-0.15, -0.1) is 0 Å². The normalized spacial score (nSPS) is 12.6. The summed E-state index contributed by atoms with van der Waals surface area (Å²) in [6, 6.07) is 10.1. The molecule has 1 aromatic carbocycles. The maximum Gasteiger partial charge on any atom is 0.121 e. The second-order valence-corrected chi connectivity index (χ2v) is 4.73. The summed E-state index contributed by atoms with van der Waals surface area (Å²) in [7, 11) is 0. The highest BCUT2D eigenvalue weighted by atomic mass is 16.3. The molecular formula is C16H22N2O. The fourth-order valence-electron chi connectivity index (χ4n) is 2.29. The molecule has 0 saturated heterocycles. The number of benzene rings is 1. The highest BCUT2D eigenvalue weighted by Crippen LogP contribution is 2.24. The number of nitrogens with zero attached hydrogens (tertiary/aromatic N) is 2. The fraction of sp³-hybridized carbons (Fsp3) is 0.438. The van der Waals surface area contributed by atoms with Crippen molar-refractivity contribution < 1.29 is 5.11 Å². The van der Waals surface area contributed by atoms with Gasteiger partial charge in [-0.2, -0.15) is 5.10 Å². The molecule has 1 heterocycles. The van der Waals surface area contributed by atoms with E-state index in [4.69, 9.17) is 0 Å². The number of hydrogen-bond donors (Lipinski definition) is 1. The Labute approximate surface area is 114 Å². The number of aliphatic hydroxyl groups is 1. The minimum Gasteiger partial charge on any atom is -0.382 e. The molecule has 102 valence electrons. The second kappa shape index (κ2) is 6.02. The third kappa shape index (κ3) is 2.87. The molecule has 0 fully saturated rings. The molecule has 1 unspecified atom stereocenters. The van der Waals surface area contributed by atoms with Crippen LogP contribution in [0.5, 0.6) is 0 Å². The molecule has 1 atom stereocenters. The van der Waals surface area contributed by atoms with Crippen LogP contribution in [-0.2, 0) is 19.4 Å². The molecule has 19 heavy (non-hydrogen) atoms. The van der Waals surface area contributed by atoms with E-state index < -0.39 is 6.10 Å². The van der Waals surface area contributed by atoms with Crippen LogP contribution in [0.2, 0.25) is 0 Å². The lowest BCUT2D eigenvalue weighted by molar-refractivity contribution is 0.208. The van der Waals surface area contributed by atoms with E-state index in [2.05, 4.69) is 31.1 Å². The molecule has 0 radical (unpaired) electrons. The highest BCUT2D eigenvalue weighted by molar-refractivity contribution is 5.31. The Balaban J connectivity index is 2.36. The first kappa shape index (κ1) is 13.8. The number of aromatic nitrogens is 2. The van der Waals surface area contributed by atoms with E-state index in [0.29, 0.717) is 0 Å². The average Bonchev–Trinajstić information content (AvgIpc) is 2.89. The SMILES string of the molecule is CCc1cccc(C(O)c2cc(CC)nn2CC)c1. The van der Waals surface area contributed by atoms with Crippen LogP contribution in [0.15, 0.2) is 30.3 Å². The van der Waals surface area contributed by atoms with Crippen LogP contribution in [0.25, 0.3) is 0 Å². The lowest BCUT2D eigenvalue weighted by Crippen LogP contribution is -2.09. The third-order valence-corrected chi connectivity index (χ3v) is 3.48. The Morgan fingerprint density at radius 3 is 2.58 bits per heavy atom.